The average Bonchev–Trinajstić information content (AvgIpc) is 2.47. The third-order valence-corrected chi connectivity index (χ3v) is 3.40. The van der Waals surface area contributed by atoms with Gasteiger partial charge in [0.1, 0.15) is 0 Å². The Morgan fingerprint density at radius 3 is 2.90 bits per heavy atom. The van der Waals surface area contributed by atoms with Crippen LogP contribution in [-0.4, -0.2) is 33.5 Å². The van der Waals surface area contributed by atoms with E-state index in [0.717, 1.165) is 4.57 Å². The van der Waals surface area contributed by atoms with Crippen molar-refractivity contribution in [1.82, 2.24) is 19.7 Å². The molecule has 0 unspecified atom stereocenters. The quantitative estimate of drug-likeness (QED) is 0.727. The molecule has 0 radical (unpaired) electrons. The zero-order valence-corrected chi connectivity index (χ0v) is 11.8. The molecule has 3 rings (SSSR count). The number of benzene rings is 1. The Bertz CT molecular complexity index is 948. The van der Waals surface area contributed by atoms with Crippen molar-refractivity contribution in [1.29, 1.82) is 0 Å². The van der Waals surface area contributed by atoms with Gasteiger partial charge in [-0.05, 0) is 18.2 Å². The van der Waals surface area contributed by atoms with Gasteiger partial charge in [-0.2, -0.15) is 0 Å². The monoisotopic (exact) mass is 306 g/mol. The molecule has 0 amide bonds. The molecule has 0 aliphatic rings. The molecule has 0 spiro atoms. The number of aromatic amines is 1. The summed E-state index contributed by atoms with van der Waals surface area (Å²) in [6.07, 6.45) is 0. The van der Waals surface area contributed by atoms with Crippen molar-refractivity contribution in [3.63, 3.8) is 0 Å². The first-order chi connectivity index (χ1) is 10.1. The lowest BCUT2D eigenvalue weighted by molar-refractivity contribution is 0.185. The summed E-state index contributed by atoms with van der Waals surface area (Å²) in [6.45, 7) is 0.400. The highest BCUT2D eigenvalue weighted by Crippen LogP contribution is 2.21. The van der Waals surface area contributed by atoms with Crippen LogP contribution in [0.25, 0.3) is 21.9 Å². The van der Waals surface area contributed by atoms with Crippen molar-refractivity contribution in [3.8, 4) is 0 Å². The van der Waals surface area contributed by atoms with Crippen LogP contribution in [0.3, 0.4) is 0 Å². The first-order valence-corrected chi connectivity index (χ1v) is 6.57. The fraction of sp³-hybridized carbons (Fsp3) is 0.231. The number of ether oxygens (including phenoxy) is 1. The molecule has 8 heteroatoms. The highest BCUT2D eigenvalue weighted by atomic mass is 35.5. The van der Waals surface area contributed by atoms with Crippen LogP contribution in [0, 0.1) is 0 Å². The van der Waals surface area contributed by atoms with Crippen LogP contribution in [0.5, 0.6) is 0 Å². The first-order valence-electron chi connectivity index (χ1n) is 6.19. The molecule has 0 bridgehead atoms. The van der Waals surface area contributed by atoms with Crippen LogP contribution in [0.1, 0.15) is 0 Å². The van der Waals surface area contributed by atoms with Crippen LogP contribution in [0.15, 0.2) is 27.8 Å². The molecule has 0 aliphatic heterocycles. The van der Waals surface area contributed by atoms with Crippen molar-refractivity contribution in [3.05, 3.63) is 44.1 Å². The Kier molecular flexibility index (Phi) is 3.44. The normalized spacial score (nSPS) is 11.3. The lowest BCUT2D eigenvalue weighted by atomic mass is 10.2. The minimum Gasteiger partial charge on any atom is -0.383 e. The van der Waals surface area contributed by atoms with E-state index in [-0.39, 0.29) is 18.7 Å². The van der Waals surface area contributed by atoms with Gasteiger partial charge < -0.3 is 9.72 Å². The molecule has 0 saturated carbocycles. The fourth-order valence-corrected chi connectivity index (χ4v) is 2.31. The Morgan fingerprint density at radius 2 is 2.14 bits per heavy atom. The molecule has 108 valence electrons. The minimum absolute atomic E-state index is 0.0977. The molecular formula is C13H11ClN4O3. The molecule has 1 N–H and O–H groups in total. The summed E-state index contributed by atoms with van der Waals surface area (Å²) in [5.41, 5.74) is -0.0257. The number of methoxy groups -OCH3 is 1. The van der Waals surface area contributed by atoms with Crippen molar-refractivity contribution < 1.29 is 4.74 Å². The van der Waals surface area contributed by atoms with Crippen LogP contribution >= 0.6 is 11.6 Å². The van der Waals surface area contributed by atoms with Crippen LogP contribution in [0.2, 0.25) is 5.02 Å². The second-order valence-electron chi connectivity index (χ2n) is 4.46. The Labute approximate surface area is 123 Å². The predicted molar refractivity (Wildman–Crippen MR) is 78.8 cm³/mol. The zero-order valence-electron chi connectivity index (χ0n) is 11.1. The Balaban J connectivity index is 2.38. The maximum atomic E-state index is 12.3. The molecule has 3 aromatic rings. The third kappa shape index (κ3) is 2.30. The topological polar surface area (TPSA) is 89.9 Å². The minimum atomic E-state index is -0.515. The van der Waals surface area contributed by atoms with E-state index >= 15 is 0 Å². The number of H-pyrrole nitrogens is 1. The summed E-state index contributed by atoms with van der Waals surface area (Å²) in [6, 6.07) is 4.99. The van der Waals surface area contributed by atoms with Crippen molar-refractivity contribution >= 4 is 33.5 Å². The Morgan fingerprint density at radius 1 is 1.33 bits per heavy atom. The smallest absolute Gasteiger partial charge is 0.329 e. The third-order valence-electron chi connectivity index (χ3n) is 3.17. The lowest BCUT2D eigenvalue weighted by Crippen LogP contribution is -2.36. The molecule has 2 heterocycles. The second kappa shape index (κ2) is 5.27. The van der Waals surface area contributed by atoms with E-state index in [1.54, 1.807) is 18.2 Å². The van der Waals surface area contributed by atoms with E-state index in [4.69, 9.17) is 16.3 Å². The first kappa shape index (κ1) is 13.7. The van der Waals surface area contributed by atoms with Gasteiger partial charge in [-0.15, -0.1) is 10.2 Å². The molecule has 0 saturated heterocycles. The molecule has 2 aromatic heterocycles. The highest BCUT2D eigenvalue weighted by Gasteiger charge is 2.12. The van der Waals surface area contributed by atoms with Gasteiger partial charge in [0, 0.05) is 17.5 Å². The van der Waals surface area contributed by atoms with E-state index in [2.05, 4.69) is 15.2 Å². The van der Waals surface area contributed by atoms with Gasteiger partial charge in [-0.3, -0.25) is 9.36 Å². The zero-order chi connectivity index (χ0) is 15.0. The average molecular weight is 307 g/mol. The largest absolute Gasteiger partial charge is 0.383 e. The summed E-state index contributed by atoms with van der Waals surface area (Å²) in [5.74, 6) is 0. The lowest BCUT2D eigenvalue weighted by Gasteiger charge is -2.06. The summed E-state index contributed by atoms with van der Waals surface area (Å²) in [4.78, 5) is 27.1. The van der Waals surface area contributed by atoms with Gasteiger partial charge in [-0.1, -0.05) is 11.6 Å². The summed E-state index contributed by atoms with van der Waals surface area (Å²) >= 11 is 5.96. The number of fused-ring (bicyclic) bond motifs is 3. The number of halogens is 1. The SMILES string of the molecule is COCCn1c(=O)[nH]c2c(nnc3ccc(Cl)cc32)c1=O. The van der Waals surface area contributed by atoms with Crippen molar-refractivity contribution in [2.24, 2.45) is 0 Å². The van der Waals surface area contributed by atoms with E-state index < -0.39 is 11.2 Å². The van der Waals surface area contributed by atoms with E-state index in [1.807, 2.05) is 0 Å². The van der Waals surface area contributed by atoms with Crippen LogP contribution in [-0.2, 0) is 11.3 Å². The molecule has 0 atom stereocenters. The second-order valence-corrected chi connectivity index (χ2v) is 4.90. The van der Waals surface area contributed by atoms with Gasteiger partial charge in [0.05, 0.1) is 24.2 Å². The molecule has 21 heavy (non-hydrogen) atoms. The molecular weight excluding hydrogens is 296 g/mol. The number of hydrogen-bond donors (Lipinski definition) is 1. The summed E-state index contributed by atoms with van der Waals surface area (Å²) < 4.78 is 5.93. The van der Waals surface area contributed by atoms with Crippen LogP contribution in [0.4, 0.5) is 0 Å². The maximum Gasteiger partial charge on any atom is 0.329 e. The summed E-state index contributed by atoms with van der Waals surface area (Å²) in [5, 5.41) is 8.97. The number of nitrogens with one attached hydrogen (secondary N) is 1. The summed E-state index contributed by atoms with van der Waals surface area (Å²) in [7, 11) is 1.50. The highest BCUT2D eigenvalue weighted by molar-refractivity contribution is 6.31. The van der Waals surface area contributed by atoms with E-state index in [1.165, 1.54) is 7.11 Å². The number of nitrogens with zero attached hydrogens (tertiary/aromatic N) is 3. The molecule has 7 nitrogen and oxygen atoms in total. The number of rotatable bonds is 3. The standard InChI is InChI=1S/C13H11ClN4O3/c1-21-5-4-18-12(19)11-10(15-13(18)20)8-6-7(14)2-3-9(8)16-17-11/h2-3,6H,4-5H2,1H3,(H,15,20). The molecule has 1 aromatic carbocycles. The van der Waals surface area contributed by atoms with Gasteiger partial charge in [0.25, 0.3) is 5.56 Å². The number of hydrogen-bond acceptors (Lipinski definition) is 5. The maximum absolute atomic E-state index is 12.3. The fourth-order valence-electron chi connectivity index (χ4n) is 2.13. The van der Waals surface area contributed by atoms with E-state index in [0.29, 0.717) is 21.4 Å². The molecule has 0 fully saturated rings. The van der Waals surface area contributed by atoms with Gasteiger partial charge in [0.15, 0.2) is 5.52 Å². The van der Waals surface area contributed by atoms with Gasteiger partial charge in [0.2, 0.25) is 0 Å². The van der Waals surface area contributed by atoms with E-state index in [9.17, 15) is 9.59 Å². The van der Waals surface area contributed by atoms with Gasteiger partial charge in [-0.25, -0.2) is 4.79 Å². The molecule has 0 aliphatic carbocycles. The van der Waals surface area contributed by atoms with Crippen molar-refractivity contribution in [2.45, 2.75) is 6.54 Å². The van der Waals surface area contributed by atoms with Crippen LogP contribution < -0.4 is 11.2 Å². The van der Waals surface area contributed by atoms with Crippen molar-refractivity contribution in [2.75, 3.05) is 13.7 Å². The Hall–Kier alpha value is -2.25. The predicted octanol–water partition coefficient (Wildman–Crippen LogP) is 0.933. The van der Waals surface area contributed by atoms with Gasteiger partial charge >= 0.3 is 5.69 Å². The number of aromatic nitrogens is 4.